The Labute approximate surface area is 186 Å². The minimum Gasteiger partial charge on any atom is -0.493 e. The zero-order valence-corrected chi connectivity index (χ0v) is 18.5. The lowest BCUT2D eigenvalue weighted by atomic mass is 10.1. The molecule has 0 saturated carbocycles. The fourth-order valence-corrected chi connectivity index (χ4v) is 3.36. The van der Waals surface area contributed by atoms with Crippen molar-refractivity contribution in [3.8, 4) is 11.5 Å². The van der Waals surface area contributed by atoms with Crippen LogP contribution in [0, 0.1) is 0 Å². The average Bonchev–Trinajstić information content (AvgIpc) is 3.07. The van der Waals surface area contributed by atoms with Crippen LogP contribution in [0.15, 0.2) is 36.4 Å². The maximum atomic E-state index is 5.99. The molecule has 1 heterocycles. The molecule has 0 atom stereocenters. The Hall–Kier alpha value is -1.21. The van der Waals surface area contributed by atoms with Gasteiger partial charge in [0.15, 0.2) is 11.5 Å². The highest BCUT2D eigenvalue weighted by Crippen LogP contribution is 2.33. The number of hydrogen-bond donors (Lipinski definition) is 2. The van der Waals surface area contributed by atoms with E-state index in [-0.39, 0.29) is 37.2 Å². The van der Waals surface area contributed by atoms with Crippen LogP contribution in [0.25, 0.3) is 0 Å². The molecule has 0 aliphatic carbocycles. The number of methoxy groups -OCH3 is 1. The van der Waals surface area contributed by atoms with Gasteiger partial charge >= 0.3 is 0 Å². The number of benzene rings is 2. The Balaban J connectivity index is 0.00000243. The molecule has 2 aromatic rings. The molecule has 0 bridgehead atoms. The number of halogens is 3. The van der Waals surface area contributed by atoms with Crippen molar-refractivity contribution in [2.24, 2.45) is 11.5 Å². The summed E-state index contributed by atoms with van der Waals surface area (Å²) in [4.78, 5) is 2.45. The van der Waals surface area contributed by atoms with E-state index < -0.39 is 0 Å². The molecule has 0 unspecified atom stereocenters. The third kappa shape index (κ3) is 6.41. The normalized spacial score (nSPS) is 12.2. The topological polar surface area (TPSA) is 73.7 Å². The SMILES string of the molecule is COc1c(CN)cc(CN)cc1OCCCN1Cc2ccccc2C1.Cl.Cl.Cl. The third-order valence-corrected chi connectivity index (χ3v) is 4.63. The molecule has 5 nitrogen and oxygen atoms in total. The van der Waals surface area contributed by atoms with Gasteiger partial charge in [-0.3, -0.25) is 4.90 Å². The van der Waals surface area contributed by atoms with Crippen LogP contribution < -0.4 is 20.9 Å². The van der Waals surface area contributed by atoms with Gasteiger partial charge in [0.05, 0.1) is 13.7 Å². The molecule has 1 aliphatic heterocycles. The van der Waals surface area contributed by atoms with E-state index >= 15 is 0 Å². The minimum atomic E-state index is 0. The molecule has 158 valence electrons. The monoisotopic (exact) mass is 449 g/mol. The van der Waals surface area contributed by atoms with Crippen LogP contribution in [-0.4, -0.2) is 25.2 Å². The third-order valence-electron chi connectivity index (χ3n) is 4.63. The molecule has 4 N–H and O–H groups in total. The van der Waals surface area contributed by atoms with Gasteiger partial charge in [-0.2, -0.15) is 0 Å². The van der Waals surface area contributed by atoms with Crippen LogP contribution in [-0.2, 0) is 26.2 Å². The molecule has 8 heteroatoms. The Morgan fingerprint density at radius 2 is 1.61 bits per heavy atom. The standard InChI is InChI=1S/C20H27N3O2.3ClH/c1-24-20-18(12-22)9-15(11-21)10-19(20)25-8-4-7-23-13-16-5-2-3-6-17(16)14-23;;;/h2-3,5-6,9-10H,4,7-8,11-14,21-22H2,1H3;3*1H. The number of fused-ring (bicyclic) bond motifs is 1. The molecule has 0 radical (unpaired) electrons. The van der Waals surface area contributed by atoms with Crippen molar-refractivity contribution < 1.29 is 9.47 Å². The van der Waals surface area contributed by atoms with Gasteiger partial charge in [0.1, 0.15) is 0 Å². The van der Waals surface area contributed by atoms with Crippen molar-refractivity contribution in [1.82, 2.24) is 4.90 Å². The van der Waals surface area contributed by atoms with E-state index in [4.69, 9.17) is 20.9 Å². The Kier molecular flexibility index (Phi) is 12.5. The molecule has 0 saturated heterocycles. The first-order chi connectivity index (χ1) is 12.2. The maximum Gasteiger partial charge on any atom is 0.165 e. The molecule has 0 aromatic heterocycles. The van der Waals surface area contributed by atoms with Crippen molar-refractivity contribution in [3.63, 3.8) is 0 Å². The van der Waals surface area contributed by atoms with Crippen molar-refractivity contribution >= 4 is 37.2 Å². The van der Waals surface area contributed by atoms with E-state index in [1.54, 1.807) is 7.11 Å². The summed E-state index contributed by atoms with van der Waals surface area (Å²) in [6.07, 6.45) is 0.960. The van der Waals surface area contributed by atoms with E-state index in [1.165, 1.54) is 11.1 Å². The summed E-state index contributed by atoms with van der Waals surface area (Å²) >= 11 is 0. The van der Waals surface area contributed by atoms with E-state index in [1.807, 2.05) is 12.1 Å². The predicted octanol–water partition coefficient (Wildman–Crippen LogP) is 3.66. The molecule has 28 heavy (non-hydrogen) atoms. The number of hydrogen-bond acceptors (Lipinski definition) is 5. The van der Waals surface area contributed by atoms with Gasteiger partial charge in [0.2, 0.25) is 0 Å². The van der Waals surface area contributed by atoms with Crippen LogP contribution in [0.1, 0.15) is 28.7 Å². The lowest BCUT2D eigenvalue weighted by Gasteiger charge is -2.17. The average molecular weight is 451 g/mol. The van der Waals surface area contributed by atoms with Crippen LogP contribution in [0.2, 0.25) is 0 Å². The summed E-state index contributed by atoms with van der Waals surface area (Å²) in [6.45, 7) is 4.57. The van der Waals surface area contributed by atoms with Crippen LogP contribution >= 0.6 is 37.2 Å². The molecule has 3 rings (SSSR count). The second kappa shape index (κ2) is 13.1. The lowest BCUT2D eigenvalue weighted by molar-refractivity contribution is 0.232. The zero-order chi connectivity index (χ0) is 17.6. The van der Waals surface area contributed by atoms with Gasteiger partial charge in [0.25, 0.3) is 0 Å². The predicted molar refractivity (Wildman–Crippen MR) is 121 cm³/mol. The Bertz CT molecular complexity index is 707. The Morgan fingerprint density at radius 3 is 2.14 bits per heavy atom. The minimum absolute atomic E-state index is 0. The summed E-state index contributed by atoms with van der Waals surface area (Å²) in [5.41, 5.74) is 16.4. The summed E-state index contributed by atoms with van der Waals surface area (Å²) < 4.78 is 11.5. The van der Waals surface area contributed by atoms with E-state index in [0.29, 0.717) is 25.4 Å². The molecular formula is C20H30Cl3N3O2. The van der Waals surface area contributed by atoms with Crippen molar-refractivity contribution in [3.05, 3.63) is 58.7 Å². The highest BCUT2D eigenvalue weighted by molar-refractivity contribution is 5.86. The molecular weight excluding hydrogens is 421 g/mol. The maximum absolute atomic E-state index is 5.99. The van der Waals surface area contributed by atoms with Crippen molar-refractivity contribution in [2.45, 2.75) is 32.6 Å². The number of ether oxygens (including phenoxy) is 2. The van der Waals surface area contributed by atoms with Gasteiger partial charge in [0, 0.05) is 38.3 Å². The van der Waals surface area contributed by atoms with E-state index in [9.17, 15) is 0 Å². The van der Waals surface area contributed by atoms with Gasteiger partial charge in [-0.05, 0) is 35.2 Å². The second-order valence-electron chi connectivity index (χ2n) is 6.38. The molecule has 0 amide bonds. The van der Waals surface area contributed by atoms with Crippen molar-refractivity contribution in [1.29, 1.82) is 0 Å². The fourth-order valence-electron chi connectivity index (χ4n) is 3.36. The lowest BCUT2D eigenvalue weighted by Crippen LogP contribution is -2.19. The number of rotatable bonds is 8. The summed E-state index contributed by atoms with van der Waals surface area (Å²) in [6, 6.07) is 12.6. The van der Waals surface area contributed by atoms with Crippen LogP contribution in [0.4, 0.5) is 0 Å². The zero-order valence-electron chi connectivity index (χ0n) is 16.1. The molecule has 0 spiro atoms. The highest BCUT2D eigenvalue weighted by atomic mass is 35.5. The largest absolute Gasteiger partial charge is 0.493 e. The molecule has 2 aromatic carbocycles. The van der Waals surface area contributed by atoms with Crippen LogP contribution in [0.3, 0.4) is 0 Å². The summed E-state index contributed by atoms with van der Waals surface area (Å²) in [5, 5.41) is 0. The Morgan fingerprint density at radius 1 is 0.964 bits per heavy atom. The smallest absolute Gasteiger partial charge is 0.165 e. The molecule has 0 fully saturated rings. The number of nitrogens with two attached hydrogens (primary N) is 2. The van der Waals surface area contributed by atoms with Crippen molar-refractivity contribution in [2.75, 3.05) is 20.3 Å². The van der Waals surface area contributed by atoms with Gasteiger partial charge in [-0.25, -0.2) is 0 Å². The quantitative estimate of drug-likeness (QED) is 0.600. The highest BCUT2D eigenvalue weighted by Gasteiger charge is 2.17. The van der Waals surface area contributed by atoms with Gasteiger partial charge in [-0.15, -0.1) is 37.2 Å². The fraction of sp³-hybridized carbons (Fsp3) is 0.400. The summed E-state index contributed by atoms with van der Waals surface area (Å²) in [7, 11) is 1.64. The second-order valence-corrected chi connectivity index (χ2v) is 6.38. The van der Waals surface area contributed by atoms with E-state index in [0.717, 1.165) is 42.9 Å². The summed E-state index contributed by atoms with van der Waals surface area (Å²) in [5.74, 6) is 1.45. The first-order valence-corrected chi connectivity index (χ1v) is 8.77. The van der Waals surface area contributed by atoms with Gasteiger partial charge in [-0.1, -0.05) is 24.3 Å². The molecule has 1 aliphatic rings. The van der Waals surface area contributed by atoms with Gasteiger partial charge < -0.3 is 20.9 Å². The number of nitrogens with zero attached hydrogens (tertiary/aromatic N) is 1. The van der Waals surface area contributed by atoms with E-state index in [2.05, 4.69) is 29.2 Å². The van der Waals surface area contributed by atoms with Crippen LogP contribution in [0.5, 0.6) is 11.5 Å². The first-order valence-electron chi connectivity index (χ1n) is 8.77. The first kappa shape index (κ1) is 26.8.